The fourth-order valence-electron chi connectivity index (χ4n) is 4.32. The minimum atomic E-state index is -1.19. The second-order valence-corrected chi connectivity index (χ2v) is 8.62. The summed E-state index contributed by atoms with van der Waals surface area (Å²) < 4.78 is 18.6. The van der Waals surface area contributed by atoms with E-state index in [1.165, 1.54) is 12.3 Å². The van der Waals surface area contributed by atoms with Crippen LogP contribution in [0.5, 0.6) is 11.5 Å². The number of hydrogen-bond acceptors (Lipinski definition) is 6. The number of benzene rings is 1. The summed E-state index contributed by atoms with van der Waals surface area (Å²) in [5.74, 6) is 2.22. The number of pyridine rings is 1. The predicted molar refractivity (Wildman–Crippen MR) is 115 cm³/mol. The molecule has 0 aliphatic carbocycles. The van der Waals surface area contributed by atoms with Gasteiger partial charge in [0.25, 0.3) is 0 Å². The van der Waals surface area contributed by atoms with Gasteiger partial charge in [0.15, 0.2) is 16.9 Å². The van der Waals surface area contributed by atoms with Gasteiger partial charge in [-0.1, -0.05) is 0 Å². The summed E-state index contributed by atoms with van der Waals surface area (Å²) in [6.45, 7) is 1.14. The molecule has 0 spiro atoms. The molecule has 0 bridgehead atoms. The van der Waals surface area contributed by atoms with Gasteiger partial charge in [-0.3, -0.25) is 4.79 Å². The first-order chi connectivity index (χ1) is 14.5. The molecular formula is C22H25NO6S. The van der Waals surface area contributed by atoms with Crippen LogP contribution in [0.3, 0.4) is 0 Å². The lowest BCUT2D eigenvalue weighted by Gasteiger charge is -2.40. The highest BCUT2D eigenvalue weighted by Crippen LogP contribution is 2.50. The Balaban J connectivity index is 1.84. The van der Waals surface area contributed by atoms with Gasteiger partial charge in [0.05, 0.1) is 19.4 Å². The van der Waals surface area contributed by atoms with Crippen molar-refractivity contribution in [1.82, 2.24) is 4.57 Å². The Labute approximate surface area is 179 Å². The lowest BCUT2D eigenvalue weighted by molar-refractivity contribution is 0.0694. The lowest BCUT2D eigenvalue weighted by atomic mass is 9.82. The summed E-state index contributed by atoms with van der Waals surface area (Å²) >= 11 is 1.89. The maximum absolute atomic E-state index is 12.5. The van der Waals surface area contributed by atoms with Crippen LogP contribution < -0.4 is 14.9 Å². The summed E-state index contributed by atoms with van der Waals surface area (Å²) in [6.07, 6.45) is 3.20. The molecule has 30 heavy (non-hydrogen) atoms. The van der Waals surface area contributed by atoms with Gasteiger partial charge >= 0.3 is 5.97 Å². The van der Waals surface area contributed by atoms with E-state index in [-0.39, 0.29) is 17.5 Å². The Bertz CT molecular complexity index is 1020. The summed E-state index contributed by atoms with van der Waals surface area (Å²) in [4.78, 5) is 24.0. The van der Waals surface area contributed by atoms with Gasteiger partial charge in [0.1, 0.15) is 5.56 Å². The molecule has 1 aromatic heterocycles. The van der Waals surface area contributed by atoms with Crippen molar-refractivity contribution in [3.63, 3.8) is 0 Å². The maximum atomic E-state index is 12.5. The largest absolute Gasteiger partial charge is 0.493 e. The number of aromatic carboxylic acids is 1. The molecular weight excluding hydrogens is 406 g/mol. The van der Waals surface area contributed by atoms with Crippen molar-refractivity contribution in [2.45, 2.75) is 24.8 Å². The molecule has 8 heteroatoms. The van der Waals surface area contributed by atoms with E-state index >= 15 is 0 Å². The molecule has 160 valence electrons. The van der Waals surface area contributed by atoms with Crippen molar-refractivity contribution in [2.24, 2.45) is 0 Å². The Kier molecular flexibility index (Phi) is 6.06. The lowest BCUT2D eigenvalue weighted by Crippen LogP contribution is -2.32. The summed E-state index contributed by atoms with van der Waals surface area (Å²) in [5.41, 5.74) is 2.08. The van der Waals surface area contributed by atoms with Crippen molar-refractivity contribution in [1.29, 1.82) is 0 Å². The number of methoxy groups -OCH3 is 2. The topological polar surface area (TPSA) is 87.0 Å². The van der Waals surface area contributed by atoms with E-state index in [0.717, 1.165) is 41.2 Å². The first kappa shape index (κ1) is 20.8. The van der Waals surface area contributed by atoms with Crippen molar-refractivity contribution in [2.75, 3.05) is 38.9 Å². The number of fused-ring (bicyclic) bond motifs is 6. The Hall–Kier alpha value is -2.45. The number of ether oxygens (including phenoxy) is 3. The molecule has 3 heterocycles. The summed E-state index contributed by atoms with van der Waals surface area (Å²) in [7, 11) is 3.25. The molecule has 4 rings (SSSR count). The van der Waals surface area contributed by atoms with Crippen LogP contribution in [0.1, 0.15) is 40.7 Å². The van der Waals surface area contributed by atoms with Gasteiger partial charge in [-0.2, -0.15) is 11.8 Å². The highest BCUT2D eigenvalue weighted by Gasteiger charge is 2.37. The molecule has 1 N–H and O–H groups in total. The van der Waals surface area contributed by atoms with Gasteiger partial charge in [0, 0.05) is 55.7 Å². The molecule has 2 aliphatic heterocycles. The van der Waals surface area contributed by atoms with Gasteiger partial charge in [-0.15, -0.1) is 0 Å². The molecule has 0 saturated carbocycles. The van der Waals surface area contributed by atoms with Crippen LogP contribution in [0, 0.1) is 0 Å². The second-order valence-electron chi connectivity index (χ2n) is 7.47. The highest BCUT2D eigenvalue weighted by molar-refractivity contribution is 7.99. The number of carbonyl (C=O) groups is 1. The van der Waals surface area contributed by atoms with Crippen molar-refractivity contribution in [3.8, 4) is 22.8 Å². The molecule has 2 atom stereocenters. The highest BCUT2D eigenvalue weighted by atomic mass is 32.2. The third-order valence-corrected chi connectivity index (χ3v) is 6.87. The van der Waals surface area contributed by atoms with E-state index in [0.29, 0.717) is 24.7 Å². The van der Waals surface area contributed by atoms with Gasteiger partial charge in [0.2, 0.25) is 0 Å². The van der Waals surface area contributed by atoms with Crippen LogP contribution in [0.25, 0.3) is 11.3 Å². The summed E-state index contributed by atoms with van der Waals surface area (Å²) in [5, 5.41) is 9.43. The molecule has 1 fully saturated rings. The maximum Gasteiger partial charge on any atom is 0.341 e. The van der Waals surface area contributed by atoms with Crippen LogP contribution >= 0.6 is 11.8 Å². The first-order valence-corrected chi connectivity index (χ1v) is 11.1. The number of hydrogen-bond donors (Lipinski definition) is 1. The third-order valence-electron chi connectivity index (χ3n) is 5.75. The normalized spacial score (nSPS) is 19.4. The quantitative estimate of drug-likeness (QED) is 0.672. The van der Waals surface area contributed by atoms with Gasteiger partial charge in [-0.25, -0.2) is 4.79 Å². The zero-order chi connectivity index (χ0) is 21.3. The Morgan fingerprint density at radius 2 is 2.07 bits per heavy atom. The number of rotatable bonds is 7. The predicted octanol–water partition coefficient (Wildman–Crippen LogP) is 3.41. The smallest absolute Gasteiger partial charge is 0.341 e. The van der Waals surface area contributed by atoms with Gasteiger partial charge < -0.3 is 23.9 Å². The Morgan fingerprint density at radius 1 is 1.23 bits per heavy atom. The van der Waals surface area contributed by atoms with E-state index in [4.69, 9.17) is 14.2 Å². The molecule has 2 aliphatic rings. The number of carboxylic acids is 1. The van der Waals surface area contributed by atoms with E-state index in [2.05, 4.69) is 0 Å². The number of thioether (sulfide) groups is 1. The SMILES string of the molecule is COCCCOc1cc2c(cc1OC)-c1cc(=O)c(C(=O)O)cn1[C@@H]1CCSC[C@@H]21. The van der Waals surface area contributed by atoms with Crippen molar-refractivity contribution >= 4 is 17.7 Å². The van der Waals surface area contributed by atoms with Crippen molar-refractivity contribution in [3.05, 3.63) is 45.7 Å². The molecule has 2 aromatic rings. The van der Waals surface area contributed by atoms with E-state index in [9.17, 15) is 14.7 Å². The van der Waals surface area contributed by atoms with Crippen LogP contribution in [0.15, 0.2) is 29.2 Å². The zero-order valence-corrected chi connectivity index (χ0v) is 17.9. The van der Waals surface area contributed by atoms with Crippen LogP contribution in [0.4, 0.5) is 0 Å². The average Bonchev–Trinajstić information content (AvgIpc) is 2.75. The first-order valence-electron chi connectivity index (χ1n) is 9.96. The molecule has 0 amide bonds. The molecule has 1 aromatic carbocycles. The van der Waals surface area contributed by atoms with E-state index < -0.39 is 11.4 Å². The number of aromatic nitrogens is 1. The number of nitrogens with zero attached hydrogens (tertiary/aromatic N) is 1. The fraction of sp³-hybridized carbons (Fsp3) is 0.455. The fourth-order valence-corrected chi connectivity index (χ4v) is 5.55. The summed E-state index contributed by atoms with van der Waals surface area (Å²) in [6, 6.07) is 5.49. The molecule has 1 saturated heterocycles. The molecule has 7 nitrogen and oxygen atoms in total. The van der Waals surface area contributed by atoms with Crippen LogP contribution in [0.2, 0.25) is 0 Å². The standard InChI is InChI=1S/C22H25NO6S/c1-27-5-3-6-29-21-8-13-14(9-20(21)28-2)18-10-19(24)15(22(25)26)11-23(18)17-4-7-30-12-16(13)17/h8-11,16-17H,3-7,12H2,1-2H3,(H,25,26)/t16-,17+/m0/s1. The monoisotopic (exact) mass is 431 g/mol. The molecule has 0 radical (unpaired) electrons. The third kappa shape index (κ3) is 3.70. The number of carboxylic acid groups (broad SMARTS) is 1. The minimum Gasteiger partial charge on any atom is -0.493 e. The Morgan fingerprint density at radius 3 is 2.80 bits per heavy atom. The minimum absolute atomic E-state index is 0.113. The average molecular weight is 432 g/mol. The van der Waals surface area contributed by atoms with E-state index in [1.807, 2.05) is 28.5 Å². The van der Waals surface area contributed by atoms with Crippen LogP contribution in [-0.4, -0.2) is 54.6 Å². The van der Waals surface area contributed by atoms with Crippen LogP contribution in [-0.2, 0) is 4.74 Å². The van der Waals surface area contributed by atoms with E-state index in [1.54, 1.807) is 14.2 Å². The van der Waals surface area contributed by atoms with Crippen molar-refractivity contribution < 1.29 is 24.1 Å². The second kappa shape index (κ2) is 8.73. The molecule has 0 unspecified atom stereocenters. The zero-order valence-electron chi connectivity index (χ0n) is 17.1. The van der Waals surface area contributed by atoms with Gasteiger partial charge in [-0.05, 0) is 29.9 Å².